The van der Waals surface area contributed by atoms with Crippen LogP contribution >= 0.6 is 0 Å². The molecule has 1 fully saturated rings. The van der Waals surface area contributed by atoms with Crippen LogP contribution in [0.5, 0.6) is 0 Å². The van der Waals surface area contributed by atoms with E-state index >= 15 is 0 Å². The number of hydrogen-bond acceptors (Lipinski definition) is 3. The molecule has 0 bridgehead atoms. The number of para-hydroxylation sites is 1. The molecule has 1 aliphatic rings. The van der Waals surface area contributed by atoms with Crippen LogP contribution in [0.3, 0.4) is 0 Å². The van der Waals surface area contributed by atoms with Crippen LogP contribution in [0.25, 0.3) is 10.8 Å². The Morgan fingerprint density at radius 3 is 2.20 bits per heavy atom. The van der Waals surface area contributed by atoms with Gasteiger partial charge in [0, 0.05) is 18.8 Å². The van der Waals surface area contributed by atoms with Gasteiger partial charge in [-0.1, -0.05) is 54.6 Å². The maximum absolute atomic E-state index is 4.86. The fourth-order valence-electron chi connectivity index (χ4n) is 3.38. The zero-order chi connectivity index (χ0) is 17.1. The van der Waals surface area contributed by atoms with E-state index in [4.69, 9.17) is 5.10 Å². The monoisotopic (exact) mass is 329 g/mol. The third-order valence-corrected chi connectivity index (χ3v) is 4.84. The van der Waals surface area contributed by atoms with Gasteiger partial charge >= 0.3 is 0 Å². The van der Waals surface area contributed by atoms with Crippen LogP contribution in [0.4, 0.5) is 5.69 Å². The number of nitrogens with zero attached hydrogens (tertiary/aromatic N) is 3. The minimum absolute atomic E-state index is 0.958. The van der Waals surface area contributed by atoms with Crippen molar-refractivity contribution in [1.82, 2.24) is 5.01 Å². The summed E-state index contributed by atoms with van der Waals surface area (Å²) in [5, 5.41) is 9.60. The molecule has 0 aromatic heterocycles. The first-order valence-electron chi connectivity index (χ1n) is 8.89. The summed E-state index contributed by atoms with van der Waals surface area (Å²) >= 11 is 0. The maximum Gasteiger partial charge on any atom is 0.0646 e. The van der Waals surface area contributed by atoms with Gasteiger partial charge in [-0.25, -0.2) is 0 Å². The summed E-state index contributed by atoms with van der Waals surface area (Å²) in [4.78, 5) is 2.43. The summed E-state index contributed by atoms with van der Waals surface area (Å²) < 4.78 is 0. The number of fused-ring (bicyclic) bond motifs is 1. The van der Waals surface area contributed by atoms with Crippen LogP contribution in [0.15, 0.2) is 77.9 Å². The Morgan fingerprint density at radius 1 is 0.760 bits per heavy atom. The third kappa shape index (κ3) is 3.50. The Hall–Kier alpha value is -2.81. The molecule has 0 amide bonds. The molecule has 25 heavy (non-hydrogen) atoms. The fraction of sp³-hybridized carbons (Fsp3) is 0.227. The number of piperazine rings is 1. The smallest absolute Gasteiger partial charge is 0.0646 e. The predicted molar refractivity (Wildman–Crippen MR) is 106 cm³/mol. The van der Waals surface area contributed by atoms with E-state index in [1.165, 1.54) is 22.0 Å². The van der Waals surface area contributed by atoms with Crippen LogP contribution in [0, 0.1) is 0 Å². The average Bonchev–Trinajstić information content (AvgIpc) is 2.69. The van der Waals surface area contributed by atoms with Gasteiger partial charge in [0.2, 0.25) is 0 Å². The van der Waals surface area contributed by atoms with E-state index in [1.807, 2.05) is 0 Å². The van der Waals surface area contributed by atoms with Gasteiger partial charge in [-0.15, -0.1) is 0 Å². The van der Waals surface area contributed by atoms with E-state index in [-0.39, 0.29) is 0 Å². The van der Waals surface area contributed by atoms with Crippen molar-refractivity contribution in [3.63, 3.8) is 0 Å². The highest BCUT2D eigenvalue weighted by molar-refractivity contribution is 6.01. The molecule has 3 aromatic rings. The largest absolute Gasteiger partial charge is 0.368 e. The number of hydrogen-bond donors (Lipinski definition) is 0. The molecular formula is C22H23N3. The molecule has 4 rings (SSSR count). The first-order valence-corrected chi connectivity index (χ1v) is 8.89. The Kier molecular flexibility index (Phi) is 4.38. The molecule has 0 aliphatic carbocycles. The van der Waals surface area contributed by atoms with Gasteiger partial charge in [0.25, 0.3) is 0 Å². The van der Waals surface area contributed by atoms with Crippen molar-refractivity contribution < 1.29 is 0 Å². The standard InChI is InChI=1S/C22H23N3/c1-18(20-12-11-19-7-5-6-8-21(19)17-20)23-25-15-13-24(14-16-25)22-9-3-2-4-10-22/h2-12,17H,13-16H2,1H3/b23-18-. The van der Waals surface area contributed by atoms with E-state index in [9.17, 15) is 0 Å². The van der Waals surface area contributed by atoms with E-state index in [2.05, 4.69) is 89.6 Å². The average molecular weight is 329 g/mol. The first kappa shape index (κ1) is 15.7. The van der Waals surface area contributed by atoms with Crippen molar-refractivity contribution in [1.29, 1.82) is 0 Å². The third-order valence-electron chi connectivity index (χ3n) is 4.84. The SMILES string of the molecule is C/C(=N/N1CCN(c2ccccc2)CC1)c1ccc2ccccc2c1. The Labute approximate surface area is 149 Å². The lowest BCUT2D eigenvalue weighted by atomic mass is 10.0. The second kappa shape index (κ2) is 6.98. The highest BCUT2D eigenvalue weighted by Crippen LogP contribution is 2.18. The maximum atomic E-state index is 4.86. The van der Waals surface area contributed by atoms with Gasteiger partial charge in [0.1, 0.15) is 0 Å². The second-order valence-electron chi connectivity index (χ2n) is 6.52. The van der Waals surface area contributed by atoms with Gasteiger partial charge in [-0.3, -0.25) is 5.01 Å². The normalized spacial score (nSPS) is 15.6. The molecule has 126 valence electrons. The molecule has 1 heterocycles. The summed E-state index contributed by atoms with van der Waals surface area (Å²) in [5.41, 5.74) is 3.58. The summed E-state index contributed by atoms with van der Waals surface area (Å²) in [6, 6.07) is 25.7. The number of hydrazone groups is 1. The highest BCUT2D eigenvalue weighted by Gasteiger charge is 2.16. The highest BCUT2D eigenvalue weighted by atomic mass is 15.5. The lowest BCUT2D eigenvalue weighted by molar-refractivity contribution is 0.270. The molecule has 1 saturated heterocycles. The van der Waals surface area contributed by atoms with E-state index in [0.29, 0.717) is 0 Å². The molecule has 3 heteroatoms. The Bertz CT molecular complexity index is 878. The number of anilines is 1. The summed E-state index contributed by atoms with van der Waals surface area (Å²) in [6.07, 6.45) is 0. The molecule has 0 N–H and O–H groups in total. The molecular weight excluding hydrogens is 306 g/mol. The molecule has 1 aliphatic heterocycles. The van der Waals surface area contributed by atoms with Gasteiger partial charge in [0.05, 0.1) is 18.8 Å². The van der Waals surface area contributed by atoms with Crippen LogP contribution < -0.4 is 4.90 Å². The molecule has 3 nitrogen and oxygen atoms in total. The molecule has 0 saturated carbocycles. The molecule has 0 radical (unpaired) electrons. The Balaban J connectivity index is 1.45. The van der Waals surface area contributed by atoms with Crippen LogP contribution in [-0.4, -0.2) is 36.9 Å². The van der Waals surface area contributed by atoms with Gasteiger partial charge < -0.3 is 4.90 Å². The fourth-order valence-corrected chi connectivity index (χ4v) is 3.38. The molecule has 0 atom stereocenters. The van der Waals surface area contributed by atoms with Crippen LogP contribution in [-0.2, 0) is 0 Å². The van der Waals surface area contributed by atoms with Gasteiger partial charge in [-0.2, -0.15) is 5.10 Å². The Morgan fingerprint density at radius 2 is 1.44 bits per heavy atom. The first-order chi connectivity index (χ1) is 12.3. The van der Waals surface area contributed by atoms with Crippen molar-refractivity contribution >= 4 is 22.2 Å². The van der Waals surface area contributed by atoms with Crippen molar-refractivity contribution in [3.8, 4) is 0 Å². The van der Waals surface area contributed by atoms with Crippen molar-refractivity contribution in [2.45, 2.75) is 6.92 Å². The molecule has 3 aromatic carbocycles. The number of rotatable bonds is 3. The quantitative estimate of drug-likeness (QED) is 0.664. The summed E-state index contributed by atoms with van der Waals surface area (Å²) in [7, 11) is 0. The molecule has 0 unspecified atom stereocenters. The van der Waals surface area contributed by atoms with Crippen LogP contribution in [0.1, 0.15) is 12.5 Å². The van der Waals surface area contributed by atoms with Crippen LogP contribution in [0.2, 0.25) is 0 Å². The van der Waals surface area contributed by atoms with Gasteiger partial charge in [-0.05, 0) is 41.5 Å². The van der Waals surface area contributed by atoms with Crippen molar-refractivity contribution in [2.24, 2.45) is 5.10 Å². The summed E-state index contributed by atoms with van der Waals surface area (Å²) in [6.45, 7) is 6.05. The second-order valence-corrected chi connectivity index (χ2v) is 6.52. The lowest BCUT2D eigenvalue weighted by Crippen LogP contribution is -2.44. The van der Waals surface area contributed by atoms with Gasteiger partial charge in [0.15, 0.2) is 0 Å². The van der Waals surface area contributed by atoms with Crippen molar-refractivity contribution in [2.75, 3.05) is 31.1 Å². The molecule has 0 spiro atoms. The topological polar surface area (TPSA) is 18.8 Å². The lowest BCUT2D eigenvalue weighted by Gasteiger charge is -2.35. The minimum Gasteiger partial charge on any atom is -0.368 e. The minimum atomic E-state index is 0.958. The van der Waals surface area contributed by atoms with E-state index < -0.39 is 0 Å². The predicted octanol–water partition coefficient (Wildman–Crippen LogP) is 4.39. The van der Waals surface area contributed by atoms with E-state index in [0.717, 1.165) is 31.9 Å². The number of benzene rings is 3. The zero-order valence-electron chi connectivity index (χ0n) is 14.6. The van der Waals surface area contributed by atoms with E-state index in [1.54, 1.807) is 0 Å². The summed E-state index contributed by atoms with van der Waals surface area (Å²) in [5.74, 6) is 0. The zero-order valence-corrected chi connectivity index (χ0v) is 14.6. The van der Waals surface area contributed by atoms with Crippen molar-refractivity contribution in [3.05, 3.63) is 78.4 Å².